The molecule has 0 aliphatic rings. The van der Waals surface area contributed by atoms with E-state index in [-0.39, 0.29) is 18.2 Å². The number of aromatic nitrogens is 3. The molecule has 2 aromatic heterocycles. The Kier molecular flexibility index (Phi) is 3.17. The van der Waals surface area contributed by atoms with E-state index in [9.17, 15) is 9.18 Å². The summed E-state index contributed by atoms with van der Waals surface area (Å²) in [6, 6.07) is 4.09. The first-order valence-corrected chi connectivity index (χ1v) is 6.25. The number of hydrogen-bond acceptors (Lipinski definition) is 5. The Labute approximate surface area is 119 Å². The van der Waals surface area contributed by atoms with Crippen molar-refractivity contribution in [3.05, 3.63) is 47.2 Å². The van der Waals surface area contributed by atoms with Crippen LogP contribution in [0, 0.1) is 12.7 Å². The number of benzene rings is 1. The molecular formula is C14H12FN3O3. The Morgan fingerprint density at radius 3 is 3.00 bits per heavy atom. The highest BCUT2D eigenvalue weighted by Gasteiger charge is 2.19. The lowest BCUT2D eigenvalue weighted by atomic mass is 10.1. The maximum absolute atomic E-state index is 13.2. The summed E-state index contributed by atoms with van der Waals surface area (Å²) in [7, 11) is 1.72. The van der Waals surface area contributed by atoms with Gasteiger partial charge in [-0.15, -0.1) is 5.10 Å². The second-order valence-corrected chi connectivity index (χ2v) is 4.66. The molecule has 21 heavy (non-hydrogen) atoms. The first kappa shape index (κ1) is 13.3. The van der Waals surface area contributed by atoms with Crippen molar-refractivity contribution >= 4 is 16.9 Å². The molecule has 0 saturated carbocycles. The molecule has 0 fully saturated rings. The lowest BCUT2D eigenvalue weighted by Gasteiger charge is -2.00. The zero-order valence-electron chi connectivity index (χ0n) is 11.5. The van der Waals surface area contributed by atoms with E-state index in [2.05, 4.69) is 10.3 Å². The number of ether oxygens (including phenoxy) is 1. The van der Waals surface area contributed by atoms with Gasteiger partial charge in [0.25, 0.3) is 0 Å². The monoisotopic (exact) mass is 289 g/mol. The summed E-state index contributed by atoms with van der Waals surface area (Å²) in [5.41, 5.74) is 1.53. The van der Waals surface area contributed by atoms with Crippen LogP contribution in [0.15, 0.2) is 28.8 Å². The average molecular weight is 289 g/mol. The van der Waals surface area contributed by atoms with Gasteiger partial charge < -0.3 is 9.15 Å². The first-order chi connectivity index (χ1) is 10.0. The number of carbonyl (C=O) groups excluding carboxylic acids is 1. The average Bonchev–Trinajstić information content (AvgIpc) is 3.01. The molecule has 0 radical (unpaired) electrons. The molecule has 0 aliphatic heterocycles. The van der Waals surface area contributed by atoms with Crippen molar-refractivity contribution in [3.8, 4) is 0 Å². The van der Waals surface area contributed by atoms with Gasteiger partial charge >= 0.3 is 5.97 Å². The normalized spacial score (nSPS) is 11.0. The van der Waals surface area contributed by atoms with Gasteiger partial charge in [-0.1, -0.05) is 5.21 Å². The molecule has 0 amide bonds. The number of hydrogen-bond donors (Lipinski definition) is 0. The van der Waals surface area contributed by atoms with Crippen LogP contribution in [-0.4, -0.2) is 21.0 Å². The predicted molar refractivity (Wildman–Crippen MR) is 71.0 cm³/mol. The number of esters is 1. The zero-order chi connectivity index (χ0) is 15.0. The van der Waals surface area contributed by atoms with Crippen molar-refractivity contribution in [1.82, 2.24) is 15.0 Å². The lowest BCUT2D eigenvalue weighted by molar-refractivity contribution is 0.0432. The number of rotatable bonds is 3. The summed E-state index contributed by atoms with van der Waals surface area (Å²) >= 11 is 0. The minimum atomic E-state index is -0.616. The number of aryl methyl sites for hydroxylation is 2. The molecule has 0 atom stereocenters. The van der Waals surface area contributed by atoms with Crippen LogP contribution in [0.5, 0.6) is 0 Å². The minimum absolute atomic E-state index is 0.00246. The Hall–Kier alpha value is -2.70. The Morgan fingerprint density at radius 2 is 2.29 bits per heavy atom. The Morgan fingerprint density at radius 1 is 1.48 bits per heavy atom. The first-order valence-electron chi connectivity index (χ1n) is 6.25. The molecule has 2 heterocycles. The highest BCUT2D eigenvalue weighted by Crippen LogP contribution is 2.26. The smallest absolute Gasteiger partial charge is 0.374 e. The van der Waals surface area contributed by atoms with Crippen LogP contribution < -0.4 is 0 Å². The van der Waals surface area contributed by atoms with Crippen molar-refractivity contribution in [3.63, 3.8) is 0 Å². The number of furan rings is 1. The summed E-state index contributed by atoms with van der Waals surface area (Å²) in [4.78, 5) is 12.0. The highest BCUT2D eigenvalue weighted by atomic mass is 19.1. The predicted octanol–water partition coefficient (Wildman–Crippen LogP) is 2.37. The summed E-state index contributed by atoms with van der Waals surface area (Å²) in [5, 5.41) is 8.11. The maximum atomic E-state index is 13.2. The third kappa shape index (κ3) is 2.49. The fourth-order valence-corrected chi connectivity index (χ4v) is 2.05. The van der Waals surface area contributed by atoms with Crippen LogP contribution in [0.25, 0.3) is 11.0 Å². The second-order valence-electron chi connectivity index (χ2n) is 4.66. The molecule has 7 heteroatoms. The molecule has 6 nitrogen and oxygen atoms in total. The van der Waals surface area contributed by atoms with Gasteiger partial charge in [0, 0.05) is 18.0 Å². The fraction of sp³-hybridized carbons (Fsp3) is 0.214. The van der Waals surface area contributed by atoms with Crippen molar-refractivity contribution in [2.24, 2.45) is 7.05 Å². The van der Waals surface area contributed by atoms with Gasteiger partial charge in [0.15, 0.2) is 0 Å². The maximum Gasteiger partial charge on any atom is 0.374 e. The summed E-state index contributed by atoms with van der Waals surface area (Å²) in [6.45, 7) is 1.68. The van der Waals surface area contributed by atoms with E-state index in [0.29, 0.717) is 22.2 Å². The molecule has 0 saturated heterocycles. The van der Waals surface area contributed by atoms with Gasteiger partial charge in [-0.3, -0.25) is 4.68 Å². The standard InChI is InChI=1S/C14H12FN3O3/c1-8-11-5-9(15)3-4-12(11)21-13(8)14(19)20-7-10-6-18(2)17-16-10/h3-6H,7H2,1-2H3. The van der Waals surface area contributed by atoms with Crippen molar-refractivity contribution in [2.75, 3.05) is 0 Å². The largest absolute Gasteiger partial charge is 0.453 e. The third-order valence-corrected chi connectivity index (χ3v) is 3.08. The van der Waals surface area contributed by atoms with Crippen LogP contribution in [-0.2, 0) is 18.4 Å². The molecule has 3 aromatic rings. The van der Waals surface area contributed by atoms with E-state index in [0.717, 1.165) is 0 Å². The lowest BCUT2D eigenvalue weighted by Crippen LogP contribution is -2.05. The van der Waals surface area contributed by atoms with Gasteiger partial charge in [-0.2, -0.15) is 0 Å². The molecule has 0 bridgehead atoms. The number of halogens is 1. The van der Waals surface area contributed by atoms with Crippen LogP contribution in [0.4, 0.5) is 4.39 Å². The fourth-order valence-electron chi connectivity index (χ4n) is 2.05. The molecule has 0 aliphatic carbocycles. The van der Waals surface area contributed by atoms with Crippen molar-refractivity contribution < 1.29 is 18.3 Å². The van der Waals surface area contributed by atoms with Crippen molar-refractivity contribution in [1.29, 1.82) is 0 Å². The Balaban J connectivity index is 1.82. The third-order valence-electron chi connectivity index (χ3n) is 3.08. The number of nitrogens with zero attached hydrogens (tertiary/aromatic N) is 3. The molecule has 0 unspecified atom stereocenters. The van der Waals surface area contributed by atoms with Gasteiger partial charge in [-0.05, 0) is 25.1 Å². The van der Waals surface area contributed by atoms with Gasteiger partial charge in [0.05, 0.1) is 6.20 Å². The summed E-state index contributed by atoms with van der Waals surface area (Å²) in [5.74, 6) is -0.930. The molecule has 0 N–H and O–H groups in total. The van der Waals surface area contributed by atoms with Crippen molar-refractivity contribution in [2.45, 2.75) is 13.5 Å². The second kappa shape index (κ2) is 5.01. The number of fused-ring (bicyclic) bond motifs is 1. The van der Waals surface area contributed by atoms with E-state index >= 15 is 0 Å². The topological polar surface area (TPSA) is 70.2 Å². The molecule has 0 spiro atoms. The SMILES string of the molecule is Cc1c(C(=O)OCc2cn(C)nn2)oc2ccc(F)cc12. The van der Waals surface area contributed by atoms with E-state index in [1.54, 1.807) is 20.2 Å². The van der Waals surface area contributed by atoms with E-state index in [4.69, 9.17) is 9.15 Å². The summed E-state index contributed by atoms with van der Waals surface area (Å²) < 4.78 is 25.3. The van der Waals surface area contributed by atoms with Crippen LogP contribution >= 0.6 is 0 Å². The van der Waals surface area contributed by atoms with Crippen LogP contribution in [0.3, 0.4) is 0 Å². The van der Waals surface area contributed by atoms with Gasteiger partial charge in [-0.25, -0.2) is 9.18 Å². The minimum Gasteiger partial charge on any atom is -0.453 e. The van der Waals surface area contributed by atoms with E-state index in [1.807, 2.05) is 0 Å². The molecular weight excluding hydrogens is 277 g/mol. The van der Waals surface area contributed by atoms with E-state index in [1.165, 1.54) is 22.9 Å². The Bertz CT molecular complexity index is 822. The van der Waals surface area contributed by atoms with Gasteiger partial charge in [0.1, 0.15) is 23.7 Å². The van der Waals surface area contributed by atoms with Gasteiger partial charge in [0.2, 0.25) is 5.76 Å². The highest BCUT2D eigenvalue weighted by molar-refractivity contribution is 5.95. The zero-order valence-corrected chi connectivity index (χ0v) is 11.5. The quantitative estimate of drug-likeness (QED) is 0.692. The van der Waals surface area contributed by atoms with E-state index < -0.39 is 5.97 Å². The molecule has 1 aromatic carbocycles. The van der Waals surface area contributed by atoms with Crippen LogP contribution in [0.1, 0.15) is 21.8 Å². The number of carbonyl (C=O) groups is 1. The van der Waals surface area contributed by atoms with Crippen LogP contribution in [0.2, 0.25) is 0 Å². The molecule has 3 rings (SSSR count). The molecule has 108 valence electrons. The summed E-state index contributed by atoms with van der Waals surface area (Å²) in [6.07, 6.45) is 1.65.